The number of benzene rings is 2. The Morgan fingerprint density at radius 1 is 1.00 bits per heavy atom. The molecule has 0 spiro atoms. The Hall–Kier alpha value is -4.44. The molecule has 1 saturated heterocycles. The monoisotopic (exact) mass is 588 g/mol. The van der Waals surface area contributed by atoms with Crippen molar-refractivity contribution in [2.24, 2.45) is 7.05 Å². The van der Waals surface area contributed by atoms with Gasteiger partial charge in [0.05, 0.1) is 5.52 Å². The van der Waals surface area contributed by atoms with Crippen LogP contribution >= 0.6 is 0 Å². The zero-order chi connectivity index (χ0) is 29.9. The fourth-order valence-corrected chi connectivity index (χ4v) is 6.04. The van der Waals surface area contributed by atoms with Gasteiger partial charge >= 0.3 is 5.76 Å². The van der Waals surface area contributed by atoms with Gasteiger partial charge in [-0.25, -0.2) is 4.79 Å². The third-order valence-electron chi connectivity index (χ3n) is 6.85. The summed E-state index contributed by atoms with van der Waals surface area (Å²) >= 11 is 0. The molecule has 11 nitrogen and oxygen atoms in total. The molecule has 4 aromatic rings. The number of anilines is 1. The number of carbonyl (C=O) groups excluding carboxylic acids is 1. The lowest BCUT2D eigenvalue weighted by molar-refractivity contribution is 0.0946. The number of rotatable bonds is 7. The van der Waals surface area contributed by atoms with Crippen LogP contribution in [0, 0.1) is 11.8 Å². The van der Waals surface area contributed by atoms with Crippen LogP contribution in [0.15, 0.2) is 70.0 Å². The predicted octanol–water partition coefficient (Wildman–Crippen LogP) is 2.22. The van der Waals surface area contributed by atoms with Gasteiger partial charge in [0.15, 0.2) is 5.58 Å². The maximum absolute atomic E-state index is 12.7. The van der Waals surface area contributed by atoms with Crippen LogP contribution in [-0.2, 0) is 23.8 Å². The normalized spacial score (nSPS) is 14.1. The largest absolute Gasteiger partial charge is 0.419 e. The molecule has 1 fully saturated rings. The van der Waals surface area contributed by atoms with E-state index in [2.05, 4.69) is 31.8 Å². The van der Waals surface area contributed by atoms with Crippen molar-refractivity contribution in [2.45, 2.75) is 26.4 Å². The molecular formula is C30H32N6O5S. The highest BCUT2D eigenvalue weighted by atomic mass is 32.2. The van der Waals surface area contributed by atoms with Crippen molar-refractivity contribution in [1.82, 2.24) is 23.9 Å². The van der Waals surface area contributed by atoms with Gasteiger partial charge in [0.2, 0.25) is 0 Å². The first-order valence-electron chi connectivity index (χ1n) is 13.6. The summed E-state index contributed by atoms with van der Waals surface area (Å²) < 4.78 is 35.6. The molecule has 1 aliphatic heterocycles. The van der Waals surface area contributed by atoms with Crippen molar-refractivity contribution in [3.63, 3.8) is 0 Å². The molecule has 0 atom stereocenters. The van der Waals surface area contributed by atoms with Crippen molar-refractivity contribution in [1.29, 1.82) is 0 Å². The second-order valence-corrected chi connectivity index (χ2v) is 12.0. The molecule has 12 heteroatoms. The zero-order valence-corrected chi connectivity index (χ0v) is 24.4. The lowest BCUT2D eigenvalue weighted by atomic mass is 10.1. The highest BCUT2D eigenvalue weighted by Crippen LogP contribution is 2.19. The predicted molar refractivity (Wildman–Crippen MR) is 160 cm³/mol. The van der Waals surface area contributed by atoms with E-state index in [1.807, 2.05) is 44.2 Å². The van der Waals surface area contributed by atoms with E-state index in [9.17, 15) is 18.0 Å². The van der Waals surface area contributed by atoms with Crippen molar-refractivity contribution < 1.29 is 17.6 Å². The van der Waals surface area contributed by atoms with Crippen LogP contribution in [0.1, 0.15) is 41.0 Å². The number of fused-ring (bicyclic) bond motifs is 1. The Morgan fingerprint density at radius 2 is 1.71 bits per heavy atom. The van der Waals surface area contributed by atoms with E-state index in [-0.39, 0.29) is 24.2 Å². The molecule has 0 aliphatic carbocycles. The Labute approximate surface area is 244 Å². The van der Waals surface area contributed by atoms with E-state index in [0.717, 1.165) is 16.8 Å². The van der Waals surface area contributed by atoms with E-state index in [4.69, 9.17) is 4.42 Å². The summed E-state index contributed by atoms with van der Waals surface area (Å²) in [7, 11) is -1.83. The van der Waals surface area contributed by atoms with Gasteiger partial charge in [-0.05, 0) is 67.9 Å². The molecule has 3 heterocycles. The van der Waals surface area contributed by atoms with Gasteiger partial charge in [-0.1, -0.05) is 17.9 Å². The van der Waals surface area contributed by atoms with Gasteiger partial charge in [-0.2, -0.15) is 17.4 Å². The molecule has 0 saturated carbocycles. The van der Waals surface area contributed by atoms with Crippen LogP contribution in [0.3, 0.4) is 0 Å². The third kappa shape index (κ3) is 6.71. The standard InChI is InChI=1S/C30H32N6O5S/c1-21(2)33-42(39,40)36-16-14-35(15-17-36)25-9-6-22(7-10-25)4-5-23-12-13-31-26(18-23)29(37)32-20-24-8-11-27-28(19-24)41-30(38)34(27)3/h6-13,18-19,21,33H,14-17,20H2,1-3H3,(H,32,37). The Balaban J connectivity index is 1.17. The summed E-state index contributed by atoms with van der Waals surface area (Å²) in [5.74, 6) is 5.43. The summed E-state index contributed by atoms with van der Waals surface area (Å²) in [4.78, 5) is 30.8. The lowest BCUT2D eigenvalue weighted by Crippen LogP contribution is -2.53. The maximum atomic E-state index is 12.7. The number of hydrogen-bond acceptors (Lipinski definition) is 7. The van der Waals surface area contributed by atoms with Gasteiger partial charge in [0.25, 0.3) is 16.1 Å². The quantitative estimate of drug-likeness (QED) is 0.317. The van der Waals surface area contributed by atoms with Crippen LogP contribution in [0.5, 0.6) is 0 Å². The number of nitrogens with one attached hydrogen (secondary N) is 2. The van der Waals surface area contributed by atoms with E-state index in [1.54, 1.807) is 37.5 Å². The minimum absolute atomic E-state index is 0.147. The van der Waals surface area contributed by atoms with Crippen molar-refractivity contribution in [3.05, 3.63) is 93.7 Å². The maximum Gasteiger partial charge on any atom is 0.419 e. The van der Waals surface area contributed by atoms with E-state index < -0.39 is 16.0 Å². The smallest absolute Gasteiger partial charge is 0.408 e. The van der Waals surface area contributed by atoms with Gasteiger partial charge in [-0.3, -0.25) is 14.3 Å². The highest BCUT2D eigenvalue weighted by molar-refractivity contribution is 7.87. The highest BCUT2D eigenvalue weighted by Gasteiger charge is 2.27. The Morgan fingerprint density at radius 3 is 2.43 bits per heavy atom. The molecule has 218 valence electrons. The number of piperazine rings is 1. The molecular weight excluding hydrogens is 556 g/mol. The summed E-state index contributed by atoms with van der Waals surface area (Å²) in [6, 6.07) is 16.4. The van der Waals surface area contributed by atoms with Crippen molar-refractivity contribution in [3.8, 4) is 11.8 Å². The van der Waals surface area contributed by atoms with Crippen LogP contribution in [0.25, 0.3) is 11.1 Å². The lowest BCUT2D eigenvalue weighted by Gasteiger charge is -2.35. The van der Waals surface area contributed by atoms with Crippen LogP contribution in [-0.4, -0.2) is 60.4 Å². The number of amides is 1. The molecule has 0 bridgehead atoms. The topological polar surface area (TPSA) is 130 Å². The van der Waals surface area contributed by atoms with Crippen LogP contribution in [0.4, 0.5) is 5.69 Å². The number of oxazole rings is 1. The third-order valence-corrected chi connectivity index (χ3v) is 8.66. The number of carbonyl (C=O) groups is 1. The van der Waals surface area contributed by atoms with Gasteiger partial charge in [0, 0.05) is 68.8 Å². The summed E-state index contributed by atoms with van der Waals surface area (Å²) in [5.41, 5.74) is 4.65. The van der Waals surface area contributed by atoms with Crippen LogP contribution in [0.2, 0.25) is 0 Å². The number of aromatic nitrogens is 2. The SMILES string of the molecule is CC(C)NS(=O)(=O)N1CCN(c2ccc(C#Cc3ccnc(C(=O)NCc4ccc5c(c4)oc(=O)n5C)c3)cc2)CC1. The minimum atomic E-state index is -3.47. The van der Waals surface area contributed by atoms with Crippen molar-refractivity contribution >= 4 is 32.9 Å². The molecule has 2 N–H and O–H groups in total. The molecule has 2 aromatic carbocycles. The summed E-state index contributed by atoms with van der Waals surface area (Å²) in [6.45, 7) is 5.90. The van der Waals surface area contributed by atoms with Crippen molar-refractivity contribution in [2.75, 3.05) is 31.1 Å². The molecule has 1 amide bonds. The average molecular weight is 589 g/mol. The van der Waals surface area contributed by atoms with E-state index in [1.165, 1.54) is 8.87 Å². The summed E-state index contributed by atoms with van der Waals surface area (Å²) in [6.07, 6.45) is 1.54. The van der Waals surface area contributed by atoms with Gasteiger partial charge in [0.1, 0.15) is 5.69 Å². The number of pyridine rings is 1. The fourth-order valence-electron chi connectivity index (χ4n) is 4.65. The summed E-state index contributed by atoms with van der Waals surface area (Å²) in [5, 5.41) is 2.84. The molecule has 2 aromatic heterocycles. The number of hydrogen-bond donors (Lipinski definition) is 2. The van der Waals surface area contributed by atoms with E-state index in [0.29, 0.717) is 42.8 Å². The zero-order valence-electron chi connectivity index (χ0n) is 23.6. The first kappa shape index (κ1) is 29.1. The van der Waals surface area contributed by atoms with E-state index >= 15 is 0 Å². The fraction of sp³-hybridized carbons (Fsp3) is 0.300. The Bertz CT molecular complexity index is 1830. The molecule has 1 aliphatic rings. The average Bonchev–Trinajstić information content (AvgIpc) is 3.26. The Kier molecular flexibility index (Phi) is 8.44. The van der Waals surface area contributed by atoms with Gasteiger partial charge < -0.3 is 14.6 Å². The second kappa shape index (κ2) is 12.2. The second-order valence-electron chi connectivity index (χ2n) is 10.3. The molecule has 42 heavy (non-hydrogen) atoms. The molecule has 5 rings (SSSR count). The number of aryl methyl sites for hydroxylation is 1. The van der Waals surface area contributed by atoms with Crippen LogP contribution < -0.4 is 20.7 Å². The van der Waals surface area contributed by atoms with Gasteiger partial charge in [-0.15, -0.1) is 0 Å². The molecule has 0 radical (unpaired) electrons. The minimum Gasteiger partial charge on any atom is -0.408 e. The first-order valence-corrected chi connectivity index (χ1v) is 15.0. The first-order chi connectivity index (χ1) is 20.1. The number of nitrogens with zero attached hydrogens (tertiary/aromatic N) is 4. The molecule has 0 unspecified atom stereocenters.